The van der Waals surface area contributed by atoms with Crippen molar-refractivity contribution in [1.82, 2.24) is 0 Å². The predicted octanol–water partition coefficient (Wildman–Crippen LogP) is 21.8. The molecule has 16 rings (SSSR count). The Bertz CT molecular complexity index is 4820. The Morgan fingerprint density at radius 3 is 0.782 bits per heavy atom. The van der Waals surface area contributed by atoms with Crippen LogP contribution in [0.25, 0.3) is 154 Å². The lowest BCUT2D eigenvalue weighted by Crippen LogP contribution is -1.91. The summed E-state index contributed by atoms with van der Waals surface area (Å²) in [5.41, 5.74) is 18.5. The molecule has 0 bridgehead atoms. The first kappa shape index (κ1) is 45.1. The molecular formula is C76H48O2. The highest BCUT2D eigenvalue weighted by molar-refractivity contribution is 6.24. The number of hydrogen-bond donors (Lipinski definition) is 0. The highest BCUT2D eigenvalue weighted by Gasteiger charge is 2.20. The Hall–Kier alpha value is -10.3. The minimum Gasteiger partial charge on any atom is -0.456 e. The molecule has 0 aliphatic rings. The summed E-state index contributed by atoms with van der Waals surface area (Å²) in [4.78, 5) is 0. The van der Waals surface area contributed by atoms with Crippen molar-refractivity contribution in [2.45, 2.75) is 0 Å². The summed E-state index contributed by atoms with van der Waals surface area (Å²) < 4.78 is 12.4. The van der Waals surface area contributed by atoms with Crippen LogP contribution in [-0.4, -0.2) is 0 Å². The third-order valence-corrected chi connectivity index (χ3v) is 15.7. The van der Waals surface area contributed by atoms with E-state index in [4.69, 9.17) is 8.83 Å². The predicted molar refractivity (Wildman–Crippen MR) is 330 cm³/mol. The van der Waals surface area contributed by atoms with Crippen molar-refractivity contribution in [2.75, 3.05) is 0 Å². The molecule has 2 heterocycles. The smallest absolute Gasteiger partial charge is 0.135 e. The van der Waals surface area contributed by atoms with Crippen LogP contribution in [0.4, 0.5) is 0 Å². The van der Waals surface area contributed by atoms with Gasteiger partial charge in [-0.2, -0.15) is 0 Å². The summed E-state index contributed by atoms with van der Waals surface area (Å²) in [6.45, 7) is 0. The molecule has 16 aromatic rings. The van der Waals surface area contributed by atoms with Crippen LogP contribution in [0, 0.1) is 0 Å². The molecule has 2 aromatic heterocycles. The van der Waals surface area contributed by atoms with Crippen LogP contribution in [0.15, 0.2) is 300 Å². The van der Waals surface area contributed by atoms with Gasteiger partial charge in [0.25, 0.3) is 0 Å². The number of hydrogen-bond acceptors (Lipinski definition) is 2. The zero-order valence-electron chi connectivity index (χ0n) is 42.5. The summed E-state index contributed by atoms with van der Waals surface area (Å²) in [6, 6.07) is 104. The fourth-order valence-corrected chi connectivity index (χ4v) is 12.2. The van der Waals surface area contributed by atoms with Crippen molar-refractivity contribution in [2.24, 2.45) is 0 Å². The lowest BCUT2D eigenvalue weighted by atomic mass is 9.85. The van der Waals surface area contributed by atoms with Gasteiger partial charge in [-0.05, 0) is 152 Å². The second kappa shape index (κ2) is 18.8. The quantitative estimate of drug-likeness (QED) is 0.155. The second-order valence-corrected chi connectivity index (χ2v) is 20.2. The van der Waals surface area contributed by atoms with E-state index in [1.165, 1.54) is 110 Å². The summed E-state index contributed by atoms with van der Waals surface area (Å²) in [7, 11) is 0. The molecule has 0 radical (unpaired) electrons. The van der Waals surface area contributed by atoms with Gasteiger partial charge in [-0.3, -0.25) is 0 Å². The maximum absolute atomic E-state index is 6.29. The first-order chi connectivity index (χ1) is 38.7. The lowest BCUT2D eigenvalue weighted by molar-refractivity contribution is 0.668. The molecule has 0 aliphatic heterocycles. The van der Waals surface area contributed by atoms with Crippen molar-refractivity contribution in [3.8, 4) is 66.8 Å². The molecule has 0 saturated carbocycles. The van der Waals surface area contributed by atoms with Crippen LogP contribution in [0.3, 0.4) is 0 Å². The molecule has 0 saturated heterocycles. The molecule has 14 aromatic carbocycles. The van der Waals surface area contributed by atoms with Gasteiger partial charge in [-0.15, -0.1) is 0 Å². The Morgan fingerprint density at radius 1 is 0.141 bits per heavy atom. The zero-order chi connectivity index (χ0) is 51.5. The van der Waals surface area contributed by atoms with Crippen molar-refractivity contribution < 1.29 is 8.83 Å². The van der Waals surface area contributed by atoms with E-state index in [0.717, 1.165) is 43.9 Å². The molecule has 0 amide bonds. The Kier molecular flexibility index (Phi) is 10.9. The van der Waals surface area contributed by atoms with Crippen LogP contribution in [0.1, 0.15) is 0 Å². The largest absolute Gasteiger partial charge is 0.456 e. The first-order valence-corrected chi connectivity index (χ1v) is 26.7. The number of benzene rings is 14. The van der Waals surface area contributed by atoms with Crippen LogP contribution >= 0.6 is 0 Å². The summed E-state index contributed by atoms with van der Waals surface area (Å²) in [5, 5.41) is 14.7. The molecule has 0 atom stereocenters. The standard InChI is InChI=1S/2C38H24O/c1-3-11-25(12-4-1)27-19-21-35-33(23-27)34-24-28(20-22-36(34)39-35)38-31-17-9-7-15-29(31)37(26-13-5-2-6-14-26)30-16-8-10-18-32(30)38;1-2-10-25(11-3-1)26-18-20-27(21-19-26)37-30-13-4-6-15-32(30)38(33-16-7-5-14-31(33)37)28-22-23-36-34(24-28)29-12-8-9-17-35(29)39-36/h2*1-24H. The van der Waals surface area contributed by atoms with Gasteiger partial charge in [0, 0.05) is 21.5 Å². The Morgan fingerprint density at radius 2 is 0.372 bits per heavy atom. The van der Waals surface area contributed by atoms with Gasteiger partial charge in [-0.25, -0.2) is 0 Å². The van der Waals surface area contributed by atoms with Gasteiger partial charge in [0.15, 0.2) is 0 Å². The fraction of sp³-hybridized carbons (Fsp3) is 0. The SMILES string of the molecule is c1ccc(-c2ccc(-c3c4ccccc4c(-c4ccc5oc6ccccc6c5c4)c4ccccc34)cc2)cc1.c1ccc(-c2ccc3oc4ccc(-c5c6ccccc6c(-c6ccccc6)c6ccccc56)cc4c3c2)cc1. The molecular weight excluding hydrogens is 945 g/mol. The van der Waals surface area contributed by atoms with Gasteiger partial charge in [0.2, 0.25) is 0 Å². The van der Waals surface area contributed by atoms with E-state index in [1.54, 1.807) is 0 Å². The molecule has 0 aliphatic carbocycles. The minimum absolute atomic E-state index is 0.911. The normalized spacial score (nSPS) is 11.6. The Balaban J connectivity index is 0.000000136. The van der Waals surface area contributed by atoms with E-state index in [2.05, 4.69) is 279 Å². The molecule has 0 unspecified atom stereocenters. The van der Waals surface area contributed by atoms with Crippen LogP contribution in [0.2, 0.25) is 0 Å². The molecule has 2 heteroatoms. The zero-order valence-corrected chi connectivity index (χ0v) is 42.5. The third kappa shape index (κ3) is 7.65. The molecule has 0 fully saturated rings. The molecule has 78 heavy (non-hydrogen) atoms. The van der Waals surface area contributed by atoms with Crippen molar-refractivity contribution in [1.29, 1.82) is 0 Å². The monoisotopic (exact) mass is 992 g/mol. The van der Waals surface area contributed by atoms with Gasteiger partial charge < -0.3 is 8.83 Å². The van der Waals surface area contributed by atoms with Crippen LogP contribution < -0.4 is 0 Å². The summed E-state index contributed by atoms with van der Waals surface area (Å²) >= 11 is 0. The maximum Gasteiger partial charge on any atom is 0.135 e. The van der Waals surface area contributed by atoms with E-state index in [9.17, 15) is 0 Å². The number of fused-ring (bicyclic) bond motifs is 10. The van der Waals surface area contributed by atoms with E-state index < -0.39 is 0 Å². The fourth-order valence-electron chi connectivity index (χ4n) is 12.2. The van der Waals surface area contributed by atoms with E-state index in [-0.39, 0.29) is 0 Å². The summed E-state index contributed by atoms with van der Waals surface area (Å²) in [6.07, 6.45) is 0. The number of para-hydroxylation sites is 1. The summed E-state index contributed by atoms with van der Waals surface area (Å²) in [5.74, 6) is 0. The Labute approximate surface area is 451 Å². The number of rotatable bonds is 6. The average molecular weight is 993 g/mol. The van der Waals surface area contributed by atoms with Crippen molar-refractivity contribution >= 4 is 87.0 Å². The van der Waals surface area contributed by atoms with E-state index in [1.807, 2.05) is 12.1 Å². The number of furan rings is 2. The first-order valence-electron chi connectivity index (χ1n) is 26.7. The van der Waals surface area contributed by atoms with Crippen LogP contribution in [-0.2, 0) is 0 Å². The minimum atomic E-state index is 0.911. The van der Waals surface area contributed by atoms with E-state index >= 15 is 0 Å². The molecule has 2 nitrogen and oxygen atoms in total. The van der Waals surface area contributed by atoms with Gasteiger partial charge in [-0.1, -0.05) is 249 Å². The average Bonchev–Trinajstić information content (AvgIpc) is 4.22. The van der Waals surface area contributed by atoms with Gasteiger partial charge in [0.1, 0.15) is 22.3 Å². The van der Waals surface area contributed by atoms with Crippen molar-refractivity contribution in [3.05, 3.63) is 291 Å². The molecule has 0 N–H and O–H groups in total. The lowest BCUT2D eigenvalue weighted by Gasteiger charge is -2.18. The van der Waals surface area contributed by atoms with Gasteiger partial charge in [0.05, 0.1) is 0 Å². The van der Waals surface area contributed by atoms with Crippen molar-refractivity contribution in [3.63, 3.8) is 0 Å². The van der Waals surface area contributed by atoms with Crippen LogP contribution in [0.5, 0.6) is 0 Å². The maximum atomic E-state index is 6.29. The van der Waals surface area contributed by atoms with E-state index in [0.29, 0.717) is 0 Å². The topological polar surface area (TPSA) is 26.3 Å². The van der Waals surface area contributed by atoms with Gasteiger partial charge >= 0.3 is 0 Å². The molecule has 364 valence electrons. The third-order valence-electron chi connectivity index (χ3n) is 15.7. The second-order valence-electron chi connectivity index (χ2n) is 20.2. The molecule has 0 spiro atoms. The highest BCUT2D eigenvalue weighted by Crippen LogP contribution is 2.47. The highest BCUT2D eigenvalue weighted by atomic mass is 16.3.